The van der Waals surface area contributed by atoms with Crippen LogP contribution in [0.4, 0.5) is 8.78 Å². The molecule has 2 N–H and O–H groups in total. The van der Waals surface area contributed by atoms with Crippen LogP contribution in [0.15, 0.2) is 29.8 Å². The van der Waals surface area contributed by atoms with E-state index in [1.807, 2.05) is 0 Å². The monoisotopic (exact) mass is 266 g/mol. The van der Waals surface area contributed by atoms with Crippen LogP contribution in [0.1, 0.15) is 23.2 Å². The van der Waals surface area contributed by atoms with Crippen molar-refractivity contribution in [3.63, 3.8) is 0 Å². The highest BCUT2D eigenvalue weighted by Crippen LogP contribution is 2.12. The lowest BCUT2D eigenvalue weighted by atomic mass is 10.1. The van der Waals surface area contributed by atoms with Gasteiger partial charge < -0.3 is 10.6 Å². The predicted molar refractivity (Wildman–Crippen MR) is 68.9 cm³/mol. The fourth-order valence-electron chi connectivity index (χ4n) is 2.04. The van der Waals surface area contributed by atoms with Gasteiger partial charge in [0.1, 0.15) is 17.2 Å². The summed E-state index contributed by atoms with van der Waals surface area (Å²) in [5, 5.41) is 5.74. The van der Waals surface area contributed by atoms with E-state index in [9.17, 15) is 13.6 Å². The molecule has 0 aromatic heterocycles. The largest absolute Gasteiger partial charge is 0.352 e. The Kier molecular flexibility index (Phi) is 4.63. The van der Waals surface area contributed by atoms with Gasteiger partial charge in [0.2, 0.25) is 0 Å². The lowest BCUT2D eigenvalue weighted by molar-refractivity contribution is 0.0945. The third kappa shape index (κ3) is 3.61. The molecule has 0 radical (unpaired) electrons. The Morgan fingerprint density at radius 3 is 2.68 bits per heavy atom. The molecule has 102 valence electrons. The van der Waals surface area contributed by atoms with Gasteiger partial charge in [0.25, 0.3) is 5.91 Å². The molecule has 0 unspecified atom stereocenters. The van der Waals surface area contributed by atoms with Crippen LogP contribution in [-0.2, 0) is 0 Å². The van der Waals surface area contributed by atoms with Gasteiger partial charge in [0.05, 0.1) is 0 Å². The molecule has 0 bridgehead atoms. The second-order valence-electron chi connectivity index (χ2n) is 4.42. The van der Waals surface area contributed by atoms with Gasteiger partial charge in [-0.25, -0.2) is 8.78 Å². The lowest BCUT2D eigenvalue weighted by Crippen LogP contribution is -2.28. The molecule has 1 aliphatic rings. The van der Waals surface area contributed by atoms with Crippen LogP contribution in [0.3, 0.4) is 0 Å². The number of benzene rings is 1. The summed E-state index contributed by atoms with van der Waals surface area (Å²) in [7, 11) is 0. The maximum Gasteiger partial charge on any atom is 0.257 e. The number of carbonyl (C=O) groups is 1. The van der Waals surface area contributed by atoms with Crippen molar-refractivity contribution in [1.82, 2.24) is 10.6 Å². The normalized spacial score (nSPS) is 14.9. The molecule has 1 heterocycles. The first-order chi connectivity index (χ1) is 9.18. The summed E-state index contributed by atoms with van der Waals surface area (Å²) in [6, 6.07) is 3.39. The molecule has 19 heavy (non-hydrogen) atoms. The highest BCUT2D eigenvalue weighted by molar-refractivity contribution is 5.94. The zero-order chi connectivity index (χ0) is 13.7. The van der Waals surface area contributed by atoms with E-state index in [4.69, 9.17) is 0 Å². The maximum absolute atomic E-state index is 13.4. The predicted octanol–water partition coefficient (Wildman–Crippen LogP) is 2.00. The van der Waals surface area contributed by atoms with E-state index in [-0.39, 0.29) is 0 Å². The zero-order valence-electron chi connectivity index (χ0n) is 10.5. The van der Waals surface area contributed by atoms with Crippen LogP contribution < -0.4 is 10.6 Å². The first-order valence-corrected chi connectivity index (χ1v) is 6.29. The summed E-state index contributed by atoms with van der Waals surface area (Å²) in [4.78, 5) is 11.7. The molecular formula is C14H16F2N2O. The molecule has 1 amide bonds. The molecule has 1 aromatic carbocycles. The van der Waals surface area contributed by atoms with E-state index in [0.29, 0.717) is 13.0 Å². The number of carbonyl (C=O) groups excluding carboxylic acids is 1. The topological polar surface area (TPSA) is 41.1 Å². The van der Waals surface area contributed by atoms with E-state index < -0.39 is 23.1 Å². The van der Waals surface area contributed by atoms with E-state index in [1.54, 1.807) is 0 Å². The van der Waals surface area contributed by atoms with Crippen molar-refractivity contribution < 1.29 is 13.6 Å². The second-order valence-corrected chi connectivity index (χ2v) is 4.42. The highest BCUT2D eigenvalue weighted by Gasteiger charge is 2.16. The van der Waals surface area contributed by atoms with Gasteiger partial charge in [-0.1, -0.05) is 17.7 Å². The Labute approximate surface area is 110 Å². The minimum atomic E-state index is -0.835. The van der Waals surface area contributed by atoms with Crippen molar-refractivity contribution in [3.05, 3.63) is 47.0 Å². The van der Waals surface area contributed by atoms with Crippen molar-refractivity contribution in [1.29, 1.82) is 0 Å². The average molecular weight is 266 g/mol. The summed E-state index contributed by atoms with van der Waals surface area (Å²) in [6.07, 6.45) is 3.74. The standard InChI is InChI=1S/C14H16F2N2O/c15-11-2-1-3-12(16)13(11)14(19)18-9-6-10-4-7-17-8-5-10/h1-4,17H,5-9H2,(H,18,19). The smallest absolute Gasteiger partial charge is 0.257 e. The molecule has 5 heteroatoms. The quantitative estimate of drug-likeness (QED) is 0.818. The van der Waals surface area contributed by atoms with Crippen molar-refractivity contribution in [2.45, 2.75) is 12.8 Å². The number of amides is 1. The number of rotatable bonds is 4. The van der Waals surface area contributed by atoms with Gasteiger partial charge in [0.15, 0.2) is 0 Å². The maximum atomic E-state index is 13.4. The molecule has 0 fully saturated rings. The first-order valence-electron chi connectivity index (χ1n) is 6.29. The summed E-state index contributed by atoms with van der Waals surface area (Å²) < 4.78 is 26.7. The Bertz CT molecular complexity index is 480. The van der Waals surface area contributed by atoms with E-state index in [0.717, 1.165) is 31.6 Å². The number of hydrogen-bond acceptors (Lipinski definition) is 2. The van der Waals surface area contributed by atoms with Crippen LogP contribution in [0.2, 0.25) is 0 Å². The molecule has 3 nitrogen and oxygen atoms in total. The minimum absolute atomic E-state index is 0.387. The summed E-state index contributed by atoms with van der Waals surface area (Å²) >= 11 is 0. The summed E-state index contributed by atoms with van der Waals surface area (Å²) in [5.74, 6) is -2.37. The van der Waals surface area contributed by atoms with E-state index >= 15 is 0 Å². The highest BCUT2D eigenvalue weighted by atomic mass is 19.1. The molecule has 2 rings (SSSR count). The molecule has 1 aromatic rings. The molecule has 0 spiro atoms. The van der Waals surface area contributed by atoms with Gasteiger partial charge in [-0.2, -0.15) is 0 Å². The van der Waals surface area contributed by atoms with Crippen molar-refractivity contribution in [3.8, 4) is 0 Å². The van der Waals surface area contributed by atoms with Gasteiger partial charge >= 0.3 is 0 Å². The molecule has 0 aliphatic carbocycles. The van der Waals surface area contributed by atoms with Crippen LogP contribution >= 0.6 is 0 Å². The molecule has 1 aliphatic heterocycles. The zero-order valence-corrected chi connectivity index (χ0v) is 10.5. The van der Waals surface area contributed by atoms with Crippen LogP contribution in [0.5, 0.6) is 0 Å². The van der Waals surface area contributed by atoms with E-state index in [2.05, 4.69) is 16.7 Å². The number of halogens is 2. The van der Waals surface area contributed by atoms with E-state index in [1.165, 1.54) is 11.6 Å². The molecule has 0 atom stereocenters. The Balaban J connectivity index is 1.89. The fourth-order valence-corrected chi connectivity index (χ4v) is 2.04. The fraction of sp³-hybridized carbons (Fsp3) is 0.357. The SMILES string of the molecule is O=C(NCCC1=CCNCC1)c1c(F)cccc1F. The lowest BCUT2D eigenvalue weighted by Gasteiger charge is -2.14. The van der Waals surface area contributed by atoms with Gasteiger partial charge in [-0.3, -0.25) is 4.79 Å². The van der Waals surface area contributed by atoms with Gasteiger partial charge in [-0.05, 0) is 31.5 Å². The minimum Gasteiger partial charge on any atom is -0.352 e. The van der Waals surface area contributed by atoms with Crippen LogP contribution in [0, 0.1) is 11.6 Å². The number of nitrogens with one attached hydrogen (secondary N) is 2. The molecule has 0 saturated heterocycles. The molecular weight excluding hydrogens is 250 g/mol. The Hall–Kier alpha value is -1.75. The van der Waals surface area contributed by atoms with Crippen LogP contribution in [-0.4, -0.2) is 25.5 Å². The third-order valence-electron chi connectivity index (χ3n) is 3.08. The summed E-state index contributed by atoms with van der Waals surface area (Å²) in [6.45, 7) is 2.16. The van der Waals surface area contributed by atoms with Gasteiger partial charge in [0, 0.05) is 13.1 Å². The van der Waals surface area contributed by atoms with Crippen LogP contribution in [0.25, 0.3) is 0 Å². The van der Waals surface area contributed by atoms with Crippen molar-refractivity contribution in [2.75, 3.05) is 19.6 Å². The number of hydrogen-bond donors (Lipinski definition) is 2. The Morgan fingerprint density at radius 2 is 2.05 bits per heavy atom. The van der Waals surface area contributed by atoms with Gasteiger partial charge in [-0.15, -0.1) is 0 Å². The second kappa shape index (κ2) is 6.43. The van der Waals surface area contributed by atoms with Crippen molar-refractivity contribution in [2.24, 2.45) is 0 Å². The third-order valence-corrected chi connectivity index (χ3v) is 3.08. The van der Waals surface area contributed by atoms with Crippen molar-refractivity contribution >= 4 is 5.91 Å². The first kappa shape index (κ1) is 13.7. The average Bonchev–Trinajstić information content (AvgIpc) is 2.40. The summed E-state index contributed by atoms with van der Waals surface area (Å²) in [5.41, 5.74) is 0.745. The molecule has 0 saturated carbocycles. The Morgan fingerprint density at radius 1 is 1.32 bits per heavy atom.